The highest BCUT2D eigenvalue weighted by Crippen LogP contribution is 2.14. The Bertz CT molecular complexity index is 491. The van der Waals surface area contributed by atoms with Crippen LogP contribution < -0.4 is 5.32 Å². The molecule has 0 radical (unpaired) electrons. The highest BCUT2D eigenvalue weighted by atomic mass is 16.6. The number of rotatable bonds is 9. The Kier molecular flexibility index (Phi) is 9.25. The lowest BCUT2D eigenvalue weighted by Gasteiger charge is -2.31. The van der Waals surface area contributed by atoms with E-state index in [4.69, 9.17) is 14.2 Å². The van der Waals surface area contributed by atoms with Crippen LogP contribution in [0.15, 0.2) is 0 Å². The molecule has 0 aromatic carbocycles. The van der Waals surface area contributed by atoms with Gasteiger partial charge in [-0.15, -0.1) is 0 Å². The SMILES string of the molecule is CC(=O)N[C@@H](C=O)[C@@H](O)[C@@H](OC(C)=O)[C@@H](COC(C)=O)OC(C)=O. The Morgan fingerprint density at radius 1 is 1.00 bits per heavy atom. The zero-order valence-electron chi connectivity index (χ0n) is 13.8. The number of aliphatic hydroxyl groups is 1. The third kappa shape index (κ3) is 8.22. The summed E-state index contributed by atoms with van der Waals surface area (Å²) >= 11 is 0. The number of amides is 1. The van der Waals surface area contributed by atoms with Crippen molar-refractivity contribution in [2.45, 2.75) is 52.0 Å². The van der Waals surface area contributed by atoms with Crippen LogP contribution in [0.3, 0.4) is 0 Å². The molecule has 1 amide bonds. The van der Waals surface area contributed by atoms with Crippen molar-refractivity contribution in [1.29, 1.82) is 0 Å². The number of ether oxygens (including phenoxy) is 3. The molecule has 0 bridgehead atoms. The smallest absolute Gasteiger partial charge is 0.303 e. The Morgan fingerprint density at radius 3 is 1.92 bits per heavy atom. The van der Waals surface area contributed by atoms with Crippen LogP contribution in [0.1, 0.15) is 27.7 Å². The number of nitrogens with one attached hydrogen (secondary N) is 1. The minimum absolute atomic E-state index is 0.235. The number of aliphatic hydroxyl groups excluding tert-OH is 1. The number of carbonyl (C=O) groups excluding carboxylic acids is 5. The van der Waals surface area contributed by atoms with Gasteiger partial charge in [-0.05, 0) is 0 Å². The van der Waals surface area contributed by atoms with Gasteiger partial charge in [0.2, 0.25) is 5.91 Å². The second-order valence-electron chi connectivity index (χ2n) is 4.88. The number of aldehydes is 1. The van der Waals surface area contributed by atoms with E-state index in [1.54, 1.807) is 0 Å². The fourth-order valence-electron chi connectivity index (χ4n) is 1.80. The van der Waals surface area contributed by atoms with Crippen LogP contribution in [0.5, 0.6) is 0 Å². The summed E-state index contributed by atoms with van der Waals surface area (Å²) in [5.41, 5.74) is 0. The monoisotopic (exact) mass is 347 g/mol. The van der Waals surface area contributed by atoms with Crippen LogP contribution in [0.4, 0.5) is 0 Å². The van der Waals surface area contributed by atoms with Crippen molar-refractivity contribution < 1.29 is 43.3 Å². The minimum Gasteiger partial charge on any atom is -0.462 e. The number of esters is 3. The first-order chi connectivity index (χ1) is 11.1. The van der Waals surface area contributed by atoms with E-state index in [9.17, 15) is 29.1 Å². The van der Waals surface area contributed by atoms with Crippen molar-refractivity contribution >= 4 is 30.1 Å². The average Bonchev–Trinajstić information content (AvgIpc) is 2.45. The van der Waals surface area contributed by atoms with Gasteiger partial charge >= 0.3 is 17.9 Å². The second kappa shape index (κ2) is 10.3. The van der Waals surface area contributed by atoms with E-state index < -0.39 is 54.8 Å². The molecule has 0 aliphatic rings. The largest absolute Gasteiger partial charge is 0.462 e. The quantitative estimate of drug-likeness (QED) is 0.288. The molecular weight excluding hydrogens is 326 g/mol. The summed E-state index contributed by atoms with van der Waals surface area (Å²) in [6.45, 7) is 3.79. The summed E-state index contributed by atoms with van der Waals surface area (Å²) in [7, 11) is 0. The van der Waals surface area contributed by atoms with Crippen molar-refractivity contribution in [2.24, 2.45) is 0 Å². The molecule has 0 aliphatic carbocycles. The number of hydrogen-bond donors (Lipinski definition) is 2. The molecule has 0 saturated carbocycles. The Labute approximate surface area is 138 Å². The molecule has 4 atom stereocenters. The molecule has 0 aromatic heterocycles. The molecule has 0 aromatic rings. The van der Waals surface area contributed by atoms with Gasteiger partial charge in [0.25, 0.3) is 0 Å². The standard InChI is InChI=1S/C14H21NO9/c1-7(17)15-11(5-16)13(21)14(24-10(4)20)12(23-9(3)19)6-22-8(2)18/h5,11-14,21H,6H2,1-4H3,(H,15,17)/t11-,12+,13+,14-/m0/s1. The van der Waals surface area contributed by atoms with E-state index in [1.165, 1.54) is 0 Å². The third-order valence-corrected chi connectivity index (χ3v) is 2.66. The lowest BCUT2D eigenvalue weighted by molar-refractivity contribution is -0.184. The van der Waals surface area contributed by atoms with E-state index in [0.29, 0.717) is 0 Å². The normalized spacial score (nSPS) is 15.2. The minimum atomic E-state index is -1.74. The molecule has 0 aliphatic heterocycles. The summed E-state index contributed by atoms with van der Waals surface area (Å²) in [5.74, 6) is -2.95. The zero-order chi connectivity index (χ0) is 18.9. The van der Waals surface area contributed by atoms with Gasteiger partial charge in [-0.3, -0.25) is 19.2 Å². The molecule has 136 valence electrons. The van der Waals surface area contributed by atoms with Gasteiger partial charge in [0.1, 0.15) is 25.0 Å². The Balaban J connectivity index is 5.48. The van der Waals surface area contributed by atoms with Crippen LogP contribution >= 0.6 is 0 Å². The first-order valence-electron chi connectivity index (χ1n) is 6.96. The molecule has 10 heteroatoms. The molecule has 0 unspecified atom stereocenters. The van der Waals surface area contributed by atoms with E-state index in [1.807, 2.05) is 0 Å². The van der Waals surface area contributed by atoms with E-state index in [2.05, 4.69) is 5.32 Å². The molecule has 24 heavy (non-hydrogen) atoms. The number of hydrogen-bond acceptors (Lipinski definition) is 9. The van der Waals surface area contributed by atoms with Gasteiger partial charge in [0.15, 0.2) is 12.2 Å². The van der Waals surface area contributed by atoms with Crippen molar-refractivity contribution in [1.82, 2.24) is 5.32 Å². The zero-order valence-corrected chi connectivity index (χ0v) is 13.8. The van der Waals surface area contributed by atoms with Crippen LogP contribution in [-0.4, -0.2) is 66.2 Å². The first kappa shape index (κ1) is 21.5. The molecule has 0 spiro atoms. The van der Waals surface area contributed by atoms with E-state index in [-0.39, 0.29) is 6.29 Å². The van der Waals surface area contributed by atoms with Crippen molar-refractivity contribution in [3.8, 4) is 0 Å². The lowest BCUT2D eigenvalue weighted by atomic mass is 10.0. The summed E-state index contributed by atoms with van der Waals surface area (Å²) < 4.78 is 14.5. The van der Waals surface area contributed by atoms with E-state index in [0.717, 1.165) is 27.7 Å². The van der Waals surface area contributed by atoms with Gasteiger partial charge in [-0.25, -0.2) is 0 Å². The third-order valence-electron chi connectivity index (χ3n) is 2.66. The van der Waals surface area contributed by atoms with Gasteiger partial charge < -0.3 is 29.4 Å². The average molecular weight is 347 g/mol. The lowest BCUT2D eigenvalue weighted by Crippen LogP contribution is -2.55. The Hall–Kier alpha value is -2.49. The van der Waals surface area contributed by atoms with Crippen LogP contribution in [0.2, 0.25) is 0 Å². The van der Waals surface area contributed by atoms with Crippen LogP contribution in [-0.2, 0) is 38.2 Å². The molecule has 0 saturated heterocycles. The van der Waals surface area contributed by atoms with Gasteiger partial charge in [-0.1, -0.05) is 0 Å². The highest BCUT2D eigenvalue weighted by Gasteiger charge is 2.39. The maximum atomic E-state index is 11.3. The van der Waals surface area contributed by atoms with Crippen molar-refractivity contribution in [2.75, 3.05) is 6.61 Å². The fourth-order valence-corrected chi connectivity index (χ4v) is 1.80. The van der Waals surface area contributed by atoms with Gasteiger partial charge in [0, 0.05) is 27.7 Å². The predicted molar refractivity (Wildman–Crippen MR) is 77.4 cm³/mol. The molecular formula is C14H21NO9. The predicted octanol–water partition coefficient (Wildman–Crippen LogP) is -1.52. The summed E-state index contributed by atoms with van der Waals surface area (Å²) in [4.78, 5) is 55.6. The van der Waals surface area contributed by atoms with Crippen LogP contribution in [0, 0.1) is 0 Å². The maximum absolute atomic E-state index is 11.3. The van der Waals surface area contributed by atoms with Crippen LogP contribution in [0.25, 0.3) is 0 Å². The first-order valence-corrected chi connectivity index (χ1v) is 6.96. The van der Waals surface area contributed by atoms with Gasteiger partial charge in [-0.2, -0.15) is 0 Å². The topological polar surface area (TPSA) is 145 Å². The second-order valence-corrected chi connectivity index (χ2v) is 4.88. The summed E-state index contributed by atoms with van der Waals surface area (Å²) in [6, 6.07) is -1.43. The molecule has 0 heterocycles. The van der Waals surface area contributed by atoms with E-state index >= 15 is 0 Å². The Morgan fingerprint density at radius 2 is 1.54 bits per heavy atom. The van der Waals surface area contributed by atoms with Gasteiger partial charge in [0.05, 0.1) is 0 Å². The van der Waals surface area contributed by atoms with Crippen molar-refractivity contribution in [3.05, 3.63) is 0 Å². The molecule has 0 fully saturated rings. The summed E-state index contributed by atoms with van der Waals surface area (Å²) in [5, 5.41) is 12.4. The summed E-state index contributed by atoms with van der Waals surface area (Å²) in [6.07, 6.45) is -4.43. The molecule has 0 rings (SSSR count). The highest BCUT2D eigenvalue weighted by molar-refractivity contribution is 5.77. The number of carbonyl (C=O) groups is 5. The van der Waals surface area contributed by atoms with Crippen molar-refractivity contribution in [3.63, 3.8) is 0 Å². The maximum Gasteiger partial charge on any atom is 0.303 e. The molecule has 2 N–H and O–H groups in total. The molecule has 10 nitrogen and oxygen atoms in total. The fraction of sp³-hybridized carbons (Fsp3) is 0.643.